The Bertz CT molecular complexity index is 549. The third kappa shape index (κ3) is 4.04. The van der Waals surface area contributed by atoms with E-state index in [4.69, 9.17) is 0 Å². The second kappa shape index (κ2) is 6.70. The molecule has 0 bridgehead atoms. The quantitative estimate of drug-likeness (QED) is 0.813. The third-order valence-electron chi connectivity index (χ3n) is 3.86. The van der Waals surface area contributed by atoms with Gasteiger partial charge >= 0.3 is 0 Å². The van der Waals surface area contributed by atoms with Crippen LogP contribution in [-0.4, -0.2) is 21.0 Å². The second-order valence-corrected chi connectivity index (χ2v) is 7.15. The summed E-state index contributed by atoms with van der Waals surface area (Å²) in [5.41, 5.74) is 1.34. The average molecular weight is 298 g/mol. The Morgan fingerprint density at radius 3 is 2.30 bits per heavy atom. The molecule has 0 saturated heterocycles. The maximum absolute atomic E-state index is 12.6. The lowest BCUT2D eigenvalue weighted by atomic mass is 9.98. The fraction of sp³-hybridized carbons (Fsp3) is 0.600. The topological polar surface area (TPSA) is 58.2 Å². The van der Waals surface area contributed by atoms with Crippen LogP contribution in [0, 0.1) is 6.92 Å². The van der Waals surface area contributed by atoms with Crippen molar-refractivity contribution in [2.45, 2.75) is 57.5 Å². The van der Waals surface area contributed by atoms with E-state index >= 15 is 0 Å². The van der Waals surface area contributed by atoms with Crippen molar-refractivity contribution in [3.8, 4) is 0 Å². The van der Waals surface area contributed by atoms with Gasteiger partial charge in [0.1, 0.15) is 0 Å². The SMILES string of the molecule is CCC(C)(CC)NS(=O)(=O)c1cc(CNC)ccc1C. The zero-order valence-electron chi connectivity index (χ0n) is 13.1. The first-order valence-corrected chi connectivity index (χ1v) is 8.54. The predicted octanol–water partition coefficient (Wildman–Crippen LogP) is 2.57. The molecule has 0 aromatic heterocycles. The molecular weight excluding hydrogens is 272 g/mol. The van der Waals surface area contributed by atoms with Crippen molar-refractivity contribution in [2.75, 3.05) is 7.05 Å². The van der Waals surface area contributed by atoms with Gasteiger partial charge in [0, 0.05) is 12.1 Å². The third-order valence-corrected chi connectivity index (χ3v) is 5.64. The summed E-state index contributed by atoms with van der Waals surface area (Å²) in [7, 11) is -1.65. The molecule has 0 aliphatic heterocycles. The zero-order valence-corrected chi connectivity index (χ0v) is 13.9. The number of hydrogen-bond donors (Lipinski definition) is 2. The van der Waals surface area contributed by atoms with Crippen molar-refractivity contribution < 1.29 is 8.42 Å². The van der Waals surface area contributed by atoms with Crippen LogP contribution in [0.1, 0.15) is 44.7 Å². The largest absolute Gasteiger partial charge is 0.316 e. The molecule has 0 spiro atoms. The summed E-state index contributed by atoms with van der Waals surface area (Å²) in [6, 6.07) is 5.56. The van der Waals surface area contributed by atoms with E-state index in [1.165, 1.54) is 0 Å². The summed E-state index contributed by atoms with van der Waals surface area (Å²) >= 11 is 0. The summed E-state index contributed by atoms with van der Waals surface area (Å²) in [5.74, 6) is 0. The van der Waals surface area contributed by atoms with Crippen molar-refractivity contribution in [2.24, 2.45) is 0 Å². The van der Waals surface area contributed by atoms with Crippen LogP contribution in [0.15, 0.2) is 23.1 Å². The van der Waals surface area contributed by atoms with Gasteiger partial charge < -0.3 is 5.32 Å². The number of rotatable bonds is 7. The molecule has 0 saturated carbocycles. The first kappa shape index (κ1) is 17.1. The summed E-state index contributed by atoms with van der Waals surface area (Å²) in [6.07, 6.45) is 1.52. The standard InChI is InChI=1S/C15H26N2O2S/c1-6-15(4,7-2)17-20(18,19)14-10-13(11-16-5)9-8-12(14)3/h8-10,16-17H,6-7,11H2,1-5H3. The van der Waals surface area contributed by atoms with E-state index in [1.807, 2.05) is 46.9 Å². The lowest BCUT2D eigenvalue weighted by Gasteiger charge is -2.28. The molecule has 0 aliphatic carbocycles. The molecule has 0 radical (unpaired) electrons. The Morgan fingerprint density at radius 2 is 1.80 bits per heavy atom. The fourth-order valence-electron chi connectivity index (χ4n) is 2.02. The first-order chi connectivity index (χ1) is 9.28. The number of hydrogen-bond acceptors (Lipinski definition) is 3. The van der Waals surface area contributed by atoms with E-state index in [9.17, 15) is 8.42 Å². The van der Waals surface area contributed by atoms with Crippen molar-refractivity contribution in [3.63, 3.8) is 0 Å². The van der Waals surface area contributed by atoms with E-state index in [0.29, 0.717) is 11.4 Å². The van der Waals surface area contributed by atoms with Crippen LogP contribution in [0.5, 0.6) is 0 Å². The average Bonchev–Trinajstić information content (AvgIpc) is 2.40. The molecule has 1 aromatic carbocycles. The van der Waals surface area contributed by atoms with E-state index in [-0.39, 0.29) is 0 Å². The van der Waals surface area contributed by atoms with Crippen LogP contribution in [0.3, 0.4) is 0 Å². The van der Waals surface area contributed by atoms with Crippen molar-refractivity contribution in [1.82, 2.24) is 10.0 Å². The molecule has 2 N–H and O–H groups in total. The van der Waals surface area contributed by atoms with Gasteiger partial charge in [0.2, 0.25) is 10.0 Å². The first-order valence-electron chi connectivity index (χ1n) is 7.06. The Kier molecular flexibility index (Phi) is 5.74. The molecule has 0 fully saturated rings. The number of aryl methyl sites for hydroxylation is 1. The van der Waals surface area contributed by atoms with Crippen LogP contribution in [0.2, 0.25) is 0 Å². The fourth-order valence-corrected chi connectivity index (χ4v) is 3.87. The van der Waals surface area contributed by atoms with Crippen LogP contribution in [0.4, 0.5) is 0 Å². The van der Waals surface area contributed by atoms with E-state index < -0.39 is 15.6 Å². The van der Waals surface area contributed by atoms with Crippen molar-refractivity contribution in [1.29, 1.82) is 0 Å². The van der Waals surface area contributed by atoms with Gasteiger partial charge in [-0.2, -0.15) is 0 Å². The maximum Gasteiger partial charge on any atom is 0.241 e. The molecule has 0 amide bonds. The van der Waals surface area contributed by atoms with E-state index in [0.717, 1.165) is 24.0 Å². The van der Waals surface area contributed by atoms with Gasteiger partial charge in [0.05, 0.1) is 4.90 Å². The monoisotopic (exact) mass is 298 g/mol. The maximum atomic E-state index is 12.6. The molecule has 5 heteroatoms. The highest BCUT2D eigenvalue weighted by Crippen LogP contribution is 2.22. The van der Waals surface area contributed by atoms with Gasteiger partial charge in [0.25, 0.3) is 0 Å². The van der Waals surface area contributed by atoms with Crippen molar-refractivity contribution >= 4 is 10.0 Å². The van der Waals surface area contributed by atoms with E-state index in [2.05, 4.69) is 10.0 Å². The second-order valence-electron chi connectivity index (χ2n) is 5.50. The number of sulfonamides is 1. The van der Waals surface area contributed by atoms with Gasteiger partial charge in [0.15, 0.2) is 0 Å². The summed E-state index contributed by atoms with van der Waals surface area (Å²) < 4.78 is 28.1. The molecule has 1 rings (SSSR count). The van der Waals surface area contributed by atoms with Crippen LogP contribution in [-0.2, 0) is 16.6 Å². The number of benzene rings is 1. The van der Waals surface area contributed by atoms with E-state index in [1.54, 1.807) is 6.07 Å². The molecule has 0 unspecified atom stereocenters. The molecule has 114 valence electrons. The lowest BCUT2D eigenvalue weighted by molar-refractivity contribution is 0.388. The molecule has 20 heavy (non-hydrogen) atoms. The van der Waals surface area contributed by atoms with Gasteiger partial charge in [-0.15, -0.1) is 0 Å². The smallest absolute Gasteiger partial charge is 0.241 e. The molecular formula is C15H26N2O2S. The van der Waals surface area contributed by atoms with Crippen LogP contribution < -0.4 is 10.0 Å². The van der Waals surface area contributed by atoms with Gasteiger partial charge in [-0.1, -0.05) is 26.0 Å². The predicted molar refractivity (Wildman–Crippen MR) is 83.3 cm³/mol. The Morgan fingerprint density at radius 1 is 1.20 bits per heavy atom. The molecule has 1 aromatic rings. The Hall–Kier alpha value is -0.910. The summed E-state index contributed by atoms with van der Waals surface area (Å²) in [4.78, 5) is 0.373. The molecule has 4 nitrogen and oxygen atoms in total. The van der Waals surface area contributed by atoms with Gasteiger partial charge in [-0.05, 0) is 50.9 Å². The molecule has 0 heterocycles. The van der Waals surface area contributed by atoms with Crippen LogP contribution >= 0.6 is 0 Å². The van der Waals surface area contributed by atoms with Gasteiger partial charge in [-0.25, -0.2) is 13.1 Å². The zero-order chi connectivity index (χ0) is 15.4. The highest BCUT2D eigenvalue weighted by Gasteiger charge is 2.28. The molecule has 0 aliphatic rings. The molecule has 0 atom stereocenters. The summed E-state index contributed by atoms with van der Waals surface area (Å²) in [5, 5.41) is 3.04. The van der Waals surface area contributed by atoms with Gasteiger partial charge in [-0.3, -0.25) is 0 Å². The minimum Gasteiger partial charge on any atom is -0.316 e. The normalized spacial score (nSPS) is 12.7. The minimum atomic E-state index is -3.49. The highest BCUT2D eigenvalue weighted by atomic mass is 32.2. The minimum absolute atomic E-state index is 0.373. The van der Waals surface area contributed by atoms with Crippen LogP contribution in [0.25, 0.3) is 0 Å². The van der Waals surface area contributed by atoms with Crippen molar-refractivity contribution in [3.05, 3.63) is 29.3 Å². The lowest BCUT2D eigenvalue weighted by Crippen LogP contribution is -2.45. The Labute approximate surface area is 123 Å². The highest BCUT2D eigenvalue weighted by molar-refractivity contribution is 7.89. The summed E-state index contributed by atoms with van der Waals surface area (Å²) in [6.45, 7) is 8.42. The number of nitrogens with one attached hydrogen (secondary N) is 2. The Balaban J connectivity index is 3.18.